The van der Waals surface area contributed by atoms with Gasteiger partial charge >= 0.3 is 0 Å². The van der Waals surface area contributed by atoms with E-state index in [1.165, 1.54) is 12.1 Å². The van der Waals surface area contributed by atoms with Gasteiger partial charge < -0.3 is 4.90 Å². The molecule has 0 radical (unpaired) electrons. The number of hydrogen-bond acceptors (Lipinski definition) is 2. The largest absolute Gasteiger partial charge is 0.336 e. The summed E-state index contributed by atoms with van der Waals surface area (Å²) in [5.41, 5.74) is -0.0602. The first-order valence-electron chi connectivity index (χ1n) is 5.75. The molecule has 1 aromatic carbocycles. The molecular formula is C13H7F5N2. The minimum absolute atomic E-state index is 0.0928. The van der Waals surface area contributed by atoms with Gasteiger partial charge in [-0.25, -0.2) is 4.39 Å². The van der Waals surface area contributed by atoms with Crippen molar-refractivity contribution < 1.29 is 22.0 Å². The van der Waals surface area contributed by atoms with E-state index < -0.39 is 35.0 Å². The predicted octanol–water partition coefficient (Wildman–Crippen LogP) is 3.47. The minimum atomic E-state index is -1.73. The summed E-state index contributed by atoms with van der Waals surface area (Å²) in [4.78, 5) is 3.51. The molecular weight excluding hydrogens is 279 g/mol. The molecule has 7 heteroatoms. The van der Waals surface area contributed by atoms with Gasteiger partial charge in [0.1, 0.15) is 11.5 Å². The molecule has 2 heterocycles. The number of nitrogens with zero attached hydrogens (tertiary/aromatic N) is 2. The van der Waals surface area contributed by atoms with Crippen molar-refractivity contribution in [3.05, 3.63) is 53.1 Å². The Hall–Kier alpha value is -2.18. The summed E-state index contributed by atoms with van der Waals surface area (Å²) in [6.45, 7) is 0.0928. The fourth-order valence-electron chi connectivity index (χ4n) is 2.30. The van der Waals surface area contributed by atoms with Gasteiger partial charge in [0, 0.05) is 12.2 Å². The minimum Gasteiger partial charge on any atom is -0.336 e. The molecule has 0 N–H and O–H groups in total. The Balaban J connectivity index is 2.20. The van der Waals surface area contributed by atoms with Crippen LogP contribution in [0, 0.1) is 29.3 Å². The zero-order chi connectivity index (χ0) is 14.4. The van der Waals surface area contributed by atoms with E-state index in [4.69, 9.17) is 0 Å². The predicted molar refractivity (Wildman–Crippen MR) is 61.2 cm³/mol. The molecule has 0 amide bonds. The lowest BCUT2D eigenvalue weighted by Crippen LogP contribution is -2.19. The van der Waals surface area contributed by atoms with Crippen LogP contribution in [0.1, 0.15) is 5.56 Å². The van der Waals surface area contributed by atoms with Crippen molar-refractivity contribution in [3.8, 4) is 0 Å². The number of hydrogen-bond donors (Lipinski definition) is 0. The van der Waals surface area contributed by atoms with Crippen LogP contribution in [0.5, 0.6) is 0 Å². The summed E-state index contributed by atoms with van der Waals surface area (Å²) in [7, 11) is 0. The molecule has 0 saturated carbocycles. The highest BCUT2D eigenvalue weighted by molar-refractivity contribution is 5.70. The Morgan fingerprint density at radius 1 is 0.950 bits per heavy atom. The lowest BCUT2D eigenvalue weighted by molar-refractivity contribution is 0.408. The highest BCUT2D eigenvalue weighted by Gasteiger charge is 2.30. The monoisotopic (exact) mass is 286 g/mol. The number of halogens is 5. The van der Waals surface area contributed by atoms with Crippen LogP contribution >= 0.6 is 0 Å². The Labute approximate surface area is 110 Å². The van der Waals surface area contributed by atoms with Gasteiger partial charge in [-0.2, -0.15) is 22.5 Å². The van der Waals surface area contributed by atoms with E-state index in [9.17, 15) is 22.0 Å². The van der Waals surface area contributed by atoms with Crippen molar-refractivity contribution in [3.63, 3.8) is 0 Å². The van der Waals surface area contributed by atoms with Crippen molar-refractivity contribution in [2.45, 2.75) is 6.42 Å². The van der Waals surface area contributed by atoms with Crippen LogP contribution in [-0.2, 0) is 6.42 Å². The van der Waals surface area contributed by atoms with Crippen molar-refractivity contribution in [1.82, 2.24) is 4.98 Å². The third kappa shape index (κ3) is 1.81. The van der Waals surface area contributed by atoms with Crippen molar-refractivity contribution in [1.29, 1.82) is 0 Å². The van der Waals surface area contributed by atoms with Gasteiger partial charge in [-0.15, -0.1) is 0 Å². The number of aromatic nitrogens is 1. The Morgan fingerprint density at radius 3 is 2.25 bits per heavy atom. The van der Waals surface area contributed by atoms with Crippen LogP contribution in [0.4, 0.5) is 33.3 Å². The first kappa shape index (κ1) is 12.8. The zero-order valence-corrected chi connectivity index (χ0v) is 9.93. The van der Waals surface area contributed by atoms with E-state index in [0.717, 1.165) is 11.0 Å². The highest BCUT2D eigenvalue weighted by Crippen LogP contribution is 2.38. The molecule has 104 valence electrons. The van der Waals surface area contributed by atoms with Crippen LogP contribution in [0.3, 0.4) is 0 Å². The Morgan fingerprint density at radius 2 is 1.60 bits per heavy atom. The molecule has 1 aromatic heterocycles. The number of anilines is 2. The van der Waals surface area contributed by atoms with Gasteiger partial charge in [0.15, 0.2) is 0 Å². The molecule has 0 atom stereocenters. The second-order valence-corrected chi connectivity index (χ2v) is 4.34. The van der Waals surface area contributed by atoms with Gasteiger partial charge in [-0.05, 0) is 24.1 Å². The van der Waals surface area contributed by atoms with Crippen LogP contribution in [0.15, 0.2) is 18.2 Å². The zero-order valence-electron chi connectivity index (χ0n) is 9.93. The second-order valence-electron chi connectivity index (χ2n) is 4.34. The quantitative estimate of drug-likeness (QED) is 0.589. The molecule has 1 aliphatic heterocycles. The number of pyridine rings is 1. The first-order chi connectivity index (χ1) is 9.49. The maximum absolute atomic E-state index is 13.7. The SMILES string of the molecule is Fc1ccc2c(c1)N(c1c(F)c(F)nc(F)c1F)CC2. The summed E-state index contributed by atoms with van der Waals surface area (Å²) in [5.74, 6) is -7.26. The van der Waals surface area contributed by atoms with Gasteiger partial charge in [-0.1, -0.05) is 6.07 Å². The lowest BCUT2D eigenvalue weighted by Gasteiger charge is -2.20. The fourth-order valence-corrected chi connectivity index (χ4v) is 2.30. The van der Waals surface area contributed by atoms with E-state index in [1.807, 2.05) is 0 Å². The summed E-state index contributed by atoms with van der Waals surface area (Å²) in [6.07, 6.45) is 0.389. The molecule has 0 bridgehead atoms. The van der Waals surface area contributed by atoms with Gasteiger partial charge in [0.2, 0.25) is 11.6 Å². The van der Waals surface area contributed by atoms with E-state index in [2.05, 4.69) is 4.98 Å². The maximum atomic E-state index is 13.7. The molecule has 2 aromatic rings. The number of rotatable bonds is 1. The molecule has 0 aliphatic carbocycles. The van der Waals surface area contributed by atoms with Crippen LogP contribution in [-0.4, -0.2) is 11.5 Å². The molecule has 3 rings (SSSR count). The molecule has 0 spiro atoms. The van der Waals surface area contributed by atoms with Crippen molar-refractivity contribution in [2.75, 3.05) is 11.4 Å². The molecule has 0 fully saturated rings. The first-order valence-corrected chi connectivity index (χ1v) is 5.75. The topological polar surface area (TPSA) is 16.1 Å². The van der Waals surface area contributed by atoms with E-state index >= 15 is 0 Å². The molecule has 1 aliphatic rings. The smallest absolute Gasteiger partial charge is 0.253 e. The molecule has 2 nitrogen and oxygen atoms in total. The van der Waals surface area contributed by atoms with Gasteiger partial charge in [0.05, 0.1) is 0 Å². The Bertz CT molecular complexity index is 675. The Kier molecular flexibility index (Phi) is 2.84. The normalized spacial score (nSPS) is 13.8. The van der Waals surface area contributed by atoms with E-state index in [-0.39, 0.29) is 12.2 Å². The standard InChI is InChI=1S/C13H7F5N2/c14-7-2-1-6-3-4-20(8(6)5-7)11-9(15)12(17)19-13(18)10(11)16/h1-2,5H,3-4H2. The number of benzene rings is 1. The van der Waals surface area contributed by atoms with Gasteiger partial charge in [-0.3, -0.25) is 0 Å². The van der Waals surface area contributed by atoms with Crippen molar-refractivity contribution >= 4 is 11.4 Å². The molecule has 0 saturated heterocycles. The fraction of sp³-hybridized carbons (Fsp3) is 0.154. The maximum Gasteiger partial charge on any atom is 0.253 e. The molecule has 20 heavy (non-hydrogen) atoms. The average molecular weight is 286 g/mol. The summed E-state index contributed by atoms with van der Waals surface area (Å²) < 4.78 is 66.9. The number of fused-ring (bicyclic) bond motifs is 1. The van der Waals surface area contributed by atoms with Crippen LogP contribution < -0.4 is 4.90 Å². The van der Waals surface area contributed by atoms with E-state index in [1.54, 1.807) is 0 Å². The lowest BCUT2D eigenvalue weighted by atomic mass is 10.1. The second kappa shape index (κ2) is 4.43. The summed E-state index contributed by atoms with van der Waals surface area (Å²) in [5, 5.41) is 0. The third-order valence-corrected chi connectivity index (χ3v) is 3.19. The van der Waals surface area contributed by atoms with Crippen LogP contribution in [0.25, 0.3) is 0 Å². The van der Waals surface area contributed by atoms with E-state index in [0.29, 0.717) is 12.0 Å². The molecule has 0 unspecified atom stereocenters. The summed E-state index contributed by atoms with van der Waals surface area (Å²) >= 11 is 0. The average Bonchev–Trinajstić information content (AvgIpc) is 2.80. The van der Waals surface area contributed by atoms with Gasteiger partial charge in [0.25, 0.3) is 11.9 Å². The van der Waals surface area contributed by atoms with Crippen LogP contribution in [0.2, 0.25) is 0 Å². The third-order valence-electron chi connectivity index (χ3n) is 3.19. The summed E-state index contributed by atoms with van der Waals surface area (Å²) in [6, 6.07) is 3.74. The van der Waals surface area contributed by atoms with Crippen molar-refractivity contribution in [2.24, 2.45) is 0 Å². The highest BCUT2D eigenvalue weighted by atomic mass is 19.2.